The van der Waals surface area contributed by atoms with Crippen LogP contribution in [0.25, 0.3) is 0 Å². The summed E-state index contributed by atoms with van der Waals surface area (Å²) in [5.74, 6) is -1.07. The highest BCUT2D eigenvalue weighted by molar-refractivity contribution is 6.30. The number of methoxy groups -OCH3 is 1. The largest absolute Gasteiger partial charge is 0.507 e. The van der Waals surface area contributed by atoms with Crippen LogP contribution in [0.2, 0.25) is 5.02 Å². The molecule has 1 heterocycles. The highest BCUT2D eigenvalue weighted by Crippen LogP contribution is 2.34. The highest BCUT2D eigenvalue weighted by atomic mass is 35.5. The minimum absolute atomic E-state index is 0.0207. The molecule has 2 unspecified atom stereocenters. The second kappa shape index (κ2) is 11.5. The lowest BCUT2D eigenvalue weighted by Gasteiger charge is -2.25. The van der Waals surface area contributed by atoms with Crippen molar-refractivity contribution in [2.75, 3.05) is 20.2 Å². The topological polar surface area (TPSA) is 76.1 Å². The van der Waals surface area contributed by atoms with Crippen molar-refractivity contribution in [3.8, 4) is 5.75 Å². The number of hydrogen-bond acceptors (Lipinski definition) is 6. The lowest BCUT2D eigenvalue weighted by molar-refractivity contribution is 0.0209. The number of esters is 1. The first-order valence-corrected chi connectivity index (χ1v) is 11.9. The van der Waals surface area contributed by atoms with Crippen LogP contribution in [0.5, 0.6) is 5.75 Å². The van der Waals surface area contributed by atoms with E-state index in [2.05, 4.69) is 4.90 Å². The van der Waals surface area contributed by atoms with Crippen LogP contribution >= 0.6 is 11.6 Å². The van der Waals surface area contributed by atoms with E-state index in [9.17, 15) is 14.7 Å². The number of halogens is 1. The zero-order chi connectivity index (χ0) is 24.8. The third-order valence-electron chi connectivity index (χ3n) is 6.13. The van der Waals surface area contributed by atoms with Crippen LogP contribution < -0.4 is 0 Å². The highest BCUT2D eigenvalue weighted by Gasteiger charge is 2.29. The molecule has 3 aromatic rings. The summed E-state index contributed by atoms with van der Waals surface area (Å²) in [5.41, 5.74) is 2.46. The van der Waals surface area contributed by atoms with E-state index in [0.717, 1.165) is 24.0 Å². The van der Waals surface area contributed by atoms with Gasteiger partial charge in [0.25, 0.3) is 0 Å². The SMILES string of the molecule is COC(=O)c1cc(C(=O)CN(Cc2ccccc2)CC2CCC(c3cccc(Cl)c3)O2)ccc1O. The Kier molecular flexibility index (Phi) is 8.18. The van der Waals surface area contributed by atoms with E-state index >= 15 is 0 Å². The Hall–Kier alpha value is -3.19. The van der Waals surface area contributed by atoms with Crippen LogP contribution in [0.1, 0.15) is 50.8 Å². The van der Waals surface area contributed by atoms with Gasteiger partial charge in [0.2, 0.25) is 0 Å². The molecule has 1 N–H and O–H groups in total. The maximum Gasteiger partial charge on any atom is 0.341 e. The van der Waals surface area contributed by atoms with Crippen LogP contribution in [0.15, 0.2) is 72.8 Å². The second-order valence-electron chi connectivity index (χ2n) is 8.68. The number of carbonyl (C=O) groups is 2. The van der Waals surface area contributed by atoms with Gasteiger partial charge in [-0.05, 0) is 54.3 Å². The van der Waals surface area contributed by atoms with Crippen molar-refractivity contribution in [1.82, 2.24) is 4.90 Å². The van der Waals surface area contributed by atoms with Crippen molar-refractivity contribution in [2.24, 2.45) is 0 Å². The number of benzene rings is 3. The molecule has 1 saturated heterocycles. The minimum Gasteiger partial charge on any atom is -0.507 e. The summed E-state index contributed by atoms with van der Waals surface area (Å²) in [6, 6.07) is 21.9. The van der Waals surface area contributed by atoms with E-state index in [4.69, 9.17) is 21.1 Å². The van der Waals surface area contributed by atoms with E-state index in [0.29, 0.717) is 23.7 Å². The van der Waals surface area contributed by atoms with Gasteiger partial charge in [0.05, 0.1) is 25.9 Å². The molecular weight excluding hydrogens is 466 g/mol. The molecular formula is C28H28ClNO5. The average Bonchev–Trinajstić information content (AvgIpc) is 3.33. The number of aromatic hydroxyl groups is 1. The first-order chi connectivity index (χ1) is 16.9. The molecule has 4 rings (SSSR count). The van der Waals surface area contributed by atoms with Gasteiger partial charge in [-0.25, -0.2) is 4.79 Å². The fraction of sp³-hybridized carbons (Fsp3) is 0.286. The molecule has 35 heavy (non-hydrogen) atoms. The molecule has 0 radical (unpaired) electrons. The Labute approximate surface area is 210 Å². The molecule has 1 fully saturated rings. The smallest absolute Gasteiger partial charge is 0.341 e. The number of ketones is 1. The molecule has 0 amide bonds. The molecule has 182 valence electrons. The van der Waals surface area contributed by atoms with Crippen LogP contribution in [-0.4, -0.2) is 48.1 Å². The number of phenols is 1. The van der Waals surface area contributed by atoms with Crippen LogP contribution in [0.4, 0.5) is 0 Å². The van der Waals surface area contributed by atoms with Gasteiger partial charge in [-0.3, -0.25) is 9.69 Å². The zero-order valence-electron chi connectivity index (χ0n) is 19.5. The van der Waals surface area contributed by atoms with Crippen molar-refractivity contribution in [3.63, 3.8) is 0 Å². The lowest BCUT2D eigenvalue weighted by atomic mass is 10.0. The Bertz CT molecular complexity index is 1180. The number of phenolic OH excluding ortho intramolecular Hbond substituents is 1. The number of ether oxygens (including phenoxy) is 2. The lowest BCUT2D eigenvalue weighted by Crippen LogP contribution is -2.36. The molecule has 0 aliphatic carbocycles. The third kappa shape index (κ3) is 6.48. The molecule has 0 saturated carbocycles. The average molecular weight is 494 g/mol. The number of carbonyl (C=O) groups excluding carboxylic acids is 2. The predicted molar refractivity (Wildman–Crippen MR) is 134 cm³/mol. The Morgan fingerprint density at radius 3 is 2.60 bits per heavy atom. The van der Waals surface area contributed by atoms with Gasteiger partial charge in [-0.15, -0.1) is 0 Å². The molecule has 1 aliphatic heterocycles. The normalized spacial score (nSPS) is 17.5. The van der Waals surface area contributed by atoms with Crippen molar-refractivity contribution in [3.05, 3.63) is 100 Å². The quantitative estimate of drug-likeness (QED) is 0.316. The van der Waals surface area contributed by atoms with Crippen molar-refractivity contribution >= 4 is 23.4 Å². The summed E-state index contributed by atoms with van der Waals surface area (Å²) >= 11 is 6.15. The van der Waals surface area contributed by atoms with Gasteiger partial charge in [0.1, 0.15) is 11.3 Å². The van der Waals surface area contributed by atoms with E-state index < -0.39 is 5.97 Å². The Balaban J connectivity index is 1.48. The fourth-order valence-electron chi connectivity index (χ4n) is 4.38. The maximum atomic E-state index is 13.2. The molecule has 7 heteroatoms. The monoisotopic (exact) mass is 493 g/mol. The Morgan fingerprint density at radius 2 is 1.86 bits per heavy atom. The zero-order valence-corrected chi connectivity index (χ0v) is 20.3. The minimum atomic E-state index is -0.690. The van der Waals surface area contributed by atoms with Crippen LogP contribution in [0.3, 0.4) is 0 Å². The van der Waals surface area contributed by atoms with Crippen LogP contribution in [0, 0.1) is 0 Å². The van der Waals surface area contributed by atoms with Gasteiger partial charge in [-0.1, -0.05) is 54.1 Å². The van der Waals surface area contributed by atoms with E-state index in [-0.39, 0.29) is 35.8 Å². The molecule has 2 atom stereocenters. The number of rotatable bonds is 9. The summed E-state index contributed by atoms with van der Waals surface area (Å²) in [7, 11) is 1.23. The van der Waals surface area contributed by atoms with Crippen molar-refractivity contribution < 1.29 is 24.2 Å². The van der Waals surface area contributed by atoms with Gasteiger partial charge in [0.15, 0.2) is 5.78 Å². The molecule has 0 aromatic heterocycles. The summed E-state index contributed by atoms with van der Waals surface area (Å²) in [4.78, 5) is 27.2. The van der Waals surface area contributed by atoms with Crippen molar-refractivity contribution in [2.45, 2.75) is 31.6 Å². The van der Waals surface area contributed by atoms with E-state index in [1.54, 1.807) is 0 Å². The number of nitrogens with zero attached hydrogens (tertiary/aromatic N) is 1. The molecule has 3 aromatic carbocycles. The fourth-order valence-corrected chi connectivity index (χ4v) is 4.58. The third-order valence-corrected chi connectivity index (χ3v) is 6.36. The van der Waals surface area contributed by atoms with Gasteiger partial charge in [0, 0.05) is 23.7 Å². The van der Waals surface area contributed by atoms with Gasteiger partial charge < -0.3 is 14.6 Å². The predicted octanol–water partition coefficient (Wildman–Crippen LogP) is 5.44. The molecule has 0 bridgehead atoms. The second-order valence-corrected chi connectivity index (χ2v) is 9.12. The number of Topliss-reactive ketones (excluding diaryl/α,β-unsaturated/α-hetero) is 1. The van der Waals surface area contributed by atoms with Gasteiger partial charge >= 0.3 is 5.97 Å². The maximum absolute atomic E-state index is 13.2. The van der Waals surface area contributed by atoms with E-state index in [1.165, 1.54) is 25.3 Å². The Morgan fingerprint density at radius 1 is 1.06 bits per heavy atom. The first kappa shape index (κ1) is 24.9. The molecule has 0 spiro atoms. The first-order valence-electron chi connectivity index (χ1n) is 11.5. The number of hydrogen-bond donors (Lipinski definition) is 1. The summed E-state index contributed by atoms with van der Waals surface area (Å²) in [6.07, 6.45) is 1.72. The summed E-state index contributed by atoms with van der Waals surface area (Å²) in [6.45, 7) is 1.30. The molecule has 6 nitrogen and oxygen atoms in total. The standard InChI is InChI=1S/C28H28ClNO5/c1-34-28(33)24-15-20(10-12-25(24)31)26(32)18-30(16-19-6-3-2-4-7-19)17-23-11-13-27(35-23)21-8-5-9-22(29)14-21/h2-10,12,14-15,23,27,31H,11,13,16-18H2,1H3. The molecule has 1 aliphatic rings. The summed E-state index contributed by atoms with van der Waals surface area (Å²) in [5, 5.41) is 10.7. The van der Waals surface area contributed by atoms with Crippen molar-refractivity contribution in [1.29, 1.82) is 0 Å². The van der Waals surface area contributed by atoms with Crippen LogP contribution in [-0.2, 0) is 16.0 Å². The van der Waals surface area contributed by atoms with E-state index in [1.807, 2.05) is 54.6 Å². The van der Waals surface area contributed by atoms with Gasteiger partial charge in [-0.2, -0.15) is 0 Å². The summed E-state index contributed by atoms with van der Waals surface area (Å²) < 4.78 is 11.0.